The number of benzene rings is 2. The van der Waals surface area contributed by atoms with Crippen LogP contribution in [0.25, 0.3) is 11.3 Å². The molecule has 2 aromatic carbocycles. The lowest BCUT2D eigenvalue weighted by Crippen LogP contribution is -2.15. The molecule has 0 bridgehead atoms. The monoisotopic (exact) mass is 380 g/mol. The van der Waals surface area contributed by atoms with Crippen LogP contribution in [0.1, 0.15) is 16.1 Å². The molecule has 0 saturated carbocycles. The molecule has 7 nitrogen and oxygen atoms in total. The molecule has 4 rings (SSSR count). The van der Waals surface area contributed by atoms with Crippen molar-refractivity contribution in [2.75, 3.05) is 32.2 Å². The number of aromatic nitrogens is 1. The van der Waals surface area contributed by atoms with E-state index in [1.54, 1.807) is 18.2 Å². The predicted molar refractivity (Wildman–Crippen MR) is 103 cm³/mol. The van der Waals surface area contributed by atoms with Crippen LogP contribution in [0, 0.1) is 0 Å². The van der Waals surface area contributed by atoms with Crippen LogP contribution in [0.5, 0.6) is 11.5 Å². The highest BCUT2D eigenvalue weighted by Gasteiger charge is 2.16. The number of hydrogen-bond acceptors (Lipinski definition) is 7. The molecule has 144 valence electrons. The van der Waals surface area contributed by atoms with Gasteiger partial charge in [0, 0.05) is 31.4 Å². The number of esters is 1. The Kier molecular flexibility index (Phi) is 4.89. The van der Waals surface area contributed by atoms with Gasteiger partial charge in [0.2, 0.25) is 0 Å². The number of carbonyl (C=O) groups is 1. The quantitative estimate of drug-likeness (QED) is 0.627. The van der Waals surface area contributed by atoms with Crippen molar-refractivity contribution in [1.29, 1.82) is 0 Å². The number of ether oxygens (including phenoxy) is 3. The molecule has 0 N–H and O–H groups in total. The van der Waals surface area contributed by atoms with Gasteiger partial charge in [-0.3, -0.25) is 0 Å². The van der Waals surface area contributed by atoms with E-state index < -0.39 is 5.97 Å². The zero-order valence-electron chi connectivity index (χ0n) is 15.7. The Morgan fingerprint density at radius 3 is 2.71 bits per heavy atom. The number of nitrogens with zero attached hydrogens (tertiary/aromatic N) is 2. The van der Waals surface area contributed by atoms with Crippen molar-refractivity contribution in [2.45, 2.75) is 6.61 Å². The van der Waals surface area contributed by atoms with Crippen molar-refractivity contribution in [3.8, 4) is 22.8 Å². The molecule has 0 unspecified atom stereocenters. The summed E-state index contributed by atoms with van der Waals surface area (Å²) in [6.45, 7) is 1.09. The zero-order chi connectivity index (χ0) is 19.5. The zero-order valence-corrected chi connectivity index (χ0v) is 15.7. The number of anilines is 1. The first-order valence-electron chi connectivity index (χ1n) is 8.90. The molecule has 1 aromatic heterocycles. The third-order valence-corrected chi connectivity index (χ3v) is 4.34. The van der Waals surface area contributed by atoms with Gasteiger partial charge in [0.05, 0.1) is 5.56 Å². The van der Waals surface area contributed by atoms with Crippen molar-refractivity contribution >= 4 is 11.7 Å². The van der Waals surface area contributed by atoms with E-state index in [0.29, 0.717) is 41.7 Å². The van der Waals surface area contributed by atoms with Gasteiger partial charge < -0.3 is 23.6 Å². The summed E-state index contributed by atoms with van der Waals surface area (Å²) in [5, 5.41) is 3.98. The fourth-order valence-corrected chi connectivity index (χ4v) is 2.85. The average molecular weight is 380 g/mol. The van der Waals surface area contributed by atoms with E-state index >= 15 is 0 Å². The van der Waals surface area contributed by atoms with Crippen LogP contribution in [-0.2, 0) is 11.3 Å². The molecule has 2 heterocycles. The molecule has 3 aromatic rings. The summed E-state index contributed by atoms with van der Waals surface area (Å²) in [6, 6.07) is 14.5. The molecule has 0 radical (unpaired) electrons. The van der Waals surface area contributed by atoms with Crippen LogP contribution < -0.4 is 14.4 Å². The number of hydrogen-bond donors (Lipinski definition) is 0. The molecule has 28 heavy (non-hydrogen) atoms. The van der Waals surface area contributed by atoms with E-state index in [1.165, 1.54) is 0 Å². The highest BCUT2D eigenvalue weighted by Crippen LogP contribution is 2.34. The summed E-state index contributed by atoms with van der Waals surface area (Å²) in [5.41, 5.74) is 2.76. The third kappa shape index (κ3) is 3.78. The van der Waals surface area contributed by atoms with Gasteiger partial charge in [0.1, 0.15) is 25.5 Å². The summed E-state index contributed by atoms with van der Waals surface area (Å²) in [5.74, 6) is 1.54. The van der Waals surface area contributed by atoms with Gasteiger partial charge in [-0.15, -0.1) is 0 Å². The van der Waals surface area contributed by atoms with Gasteiger partial charge in [-0.1, -0.05) is 11.2 Å². The minimum atomic E-state index is -0.410. The van der Waals surface area contributed by atoms with E-state index in [4.69, 9.17) is 18.7 Å². The van der Waals surface area contributed by atoms with Crippen molar-refractivity contribution in [2.24, 2.45) is 0 Å². The van der Waals surface area contributed by atoms with Crippen LogP contribution in [0.2, 0.25) is 0 Å². The molecule has 0 spiro atoms. The molecule has 0 fully saturated rings. The van der Waals surface area contributed by atoms with E-state index in [2.05, 4.69) is 5.16 Å². The molecule has 7 heteroatoms. The van der Waals surface area contributed by atoms with E-state index in [0.717, 1.165) is 11.3 Å². The second-order valence-corrected chi connectivity index (χ2v) is 6.56. The second-order valence-electron chi connectivity index (χ2n) is 6.56. The van der Waals surface area contributed by atoms with Crippen LogP contribution in [-0.4, -0.2) is 38.4 Å². The standard InChI is InChI=1S/C21H20N2O5/c1-23(2)17-5-3-4-15(10-17)21(24)27-13-16-12-19(28-22-16)14-6-7-18-20(11-14)26-9-8-25-18/h3-7,10-12H,8-9,13H2,1-2H3. The average Bonchev–Trinajstić information content (AvgIpc) is 3.21. The Morgan fingerprint density at radius 1 is 1.07 bits per heavy atom. The van der Waals surface area contributed by atoms with E-state index in [9.17, 15) is 4.79 Å². The topological polar surface area (TPSA) is 74.0 Å². The van der Waals surface area contributed by atoms with Gasteiger partial charge in [-0.25, -0.2) is 4.79 Å². The normalized spacial score (nSPS) is 12.5. The van der Waals surface area contributed by atoms with Gasteiger partial charge in [0.25, 0.3) is 0 Å². The fraction of sp³-hybridized carbons (Fsp3) is 0.238. The van der Waals surface area contributed by atoms with Crippen molar-refractivity contribution < 1.29 is 23.5 Å². The predicted octanol–water partition coefficient (Wildman–Crippen LogP) is 3.54. The van der Waals surface area contributed by atoms with Gasteiger partial charge in [0.15, 0.2) is 17.3 Å². The smallest absolute Gasteiger partial charge is 0.338 e. The summed E-state index contributed by atoms with van der Waals surface area (Å²) >= 11 is 0. The Morgan fingerprint density at radius 2 is 1.89 bits per heavy atom. The van der Waals surface area contributed by atoms with Gasteiger partial charge >= 0.3 is 5.97 Å². The Balaban J connectivity index is 1.42. The maximum Gasteiger partial charge on any atom is 0.338 e. The Bertz CT molecular complexity index is 996. The number of carbonyl (C=O) groups excluding carboxylic acids is 1. The molecule has 0 aliphatic carbocycles. The minimum Gasteiger partial charge on any atom is -0.486 e. The number of rotatable bonds is 5. The molecule has 0 atom stereocenters. The maximum absolute atomic E-state index is 12.3. The Labute approximate surface area is 162 Å². The van der Waals surface area contributed by atoms with E-state index in [-0.39, 0.29) is 6.61 Å². The van der Waals surface area contributed by atoms with Crippen LogP contribution in [0.3, 0.4) is 0 Å². The number of fused-ring (bicyclic) bond motifs is 1. The minimum absolute atomic E-state index is 0.0269. The van der Waals surface area contributed by atoms with Gasteiger partial charge in [-0.05, 0) is 36.4 Å². The molecular formula is C21H20N2O5. The summed E-state index contributed by atoms with van der Waals surface area (Å²) in [7, 11) is 3.83. The lowest BCUT2D eigenvalue weighted by atomic mass is 10.1. The first-order valence-corrected chi connectivity index (χ1v) is 8.90. The molecular weight excluding hydrogens is 360 g/mol. The summed E-state index contributed by atoms with van der Waals surface area (Å²) < 4.78 is 21.9. The molecule has 1 aliphatic rings. The fourth-order valence-electron chi connectivity index (χ4n) is 2.85. The van der Waals surface area contributed by atoms with Crippen LogP contribution in [0.4, 0.5) is 5.69 Å². The SMILES string of the molecule is CN(C)c1cccc(C(=O)OCc2cc(-c3ccc4c(c3)OCCO4)on2)c1. The lowest BCUT2D eigenvalue weighted by Gasteiger charge is -2.18. The molecule has 0 saturated heterocycles. The third-order valence-electron chi connectivity index (χ3n) is 4.34. The van der Waals surface area contributed by atoms with Crippen LogP contribution in [0.15, 0.2) is 53.1 Å². The highest BCUT2D eigenvalue weighted by atomic mass is 16.6. The lowest BCUT2D eigenvalue weighted by molar-refractivity contribution is 0.0464. The van der Waals surface area contributed by atoms with Crippen LogP contribution >= 0.6 is 0 Å². The maximum atomic E-state index is 12.3. The highest BCUT2D eigenvalue weighted by molar-refractivity contribution is 5.90. The second kappa shape index (κ2) is 7.64. The van der Waals surface area contributed by atoms with Crippen molar-refractivity contribution in [1.82, 2.24) is 5.16 Å². The van der Waals surface area contributed by atoms with E-state index in [1.807, 2.05) is 49.3 Å². The summed E-state index contributed by atoms with van der Waals surface area (Å²) in [4.78, 5) is 14.2. The Hall–Kier alpha value is -3.48. The summed E-state index contributed by atoms with van der Waals surface area (Å²) in [6.07, 6.45) is 0. The van der Waals surface area contributed by atoms with Crippen molar-refractivity contribution in [3.05, 3.63) is 59.8 Å². The first-order chi connectivity index (χ1) is 13.6. The van der Waals surface area contributed by atoms with Crippen molar-refractivity contribution in [3.63, 3.8) is 0 Å². The first kappa shape index (κ1) is 17.9. The largest absolute Gasteiger partial charge is 0.486 e. The molecule has 0 amide bonds. The molecule has 1 aliphatic heterocycles. The van der Waals surface area contributed by atoms with Gasteiger partial charge in [-0.2, -0.15) is 0 Å².